The van der Waals surface area contributed by atoms with Crippen molar-refractivity contribution >= 4 is 17.8 Å². The fourth-order valence-corrected chi connectivity index (χ4v) is 7.32. The molecule has 2 amide bonds. The maximum atomic E-state index is 14.0. The van der Waals surface area contributed by atoms with Crippen molar-refractivity contribution in [3.8, 4) is 11.5 Å². The van der Waals surface area contributed by atoms with Crippen molar-refractivity contribution in [1.29, 1.82) is 0 Å². The summed E-state index contributed by atoms with van der Waals surface area (Å²) in [6, 6.07) is 3.72. The highest BCUT2D eigenvalue weighted by Crippen LogP contribution is 2.62. The highest BCUT2D eigenvalue weighted by atomic mass is 19.4. The van der Waals surface area contributed by atoms with E-state index in [9.17, 15) is 129 Å². The molecule has 1 aromatic carbocycles. The van der Waals surface area contributed by atoms with Crippen molar-refractivity contribution in [2.45, 2.75) is 213 Å². The maximum Gasteiger partial charge on any atom is 0.460 e. The zero-order valence-electron chi connectivity index (χ0n) is 40.4. The Bertz CT molecular complexity index is 2080. The topological polar surface area (TPSA) is 82.1 Å². The number of unbranched alkanes of at least 4 members (excludes halogenated alkanes) is 16. The Hall–Kier alpha value is -4.39. The monoisotopic (exact) mass is 1200 g/mol. The van der Waals surface area contributed by atoms with Gasteiger partial charge in [-0.1, -0.05) is 89.9 Å². The lowest BCUT2D eigenvalue weighted by atomic mass is 9.91. The number of hydrogen-bond donors (Lipinski definition) is 0. The summed E-state index contributed by atoms with van der Waals surface area (Å²) in [6.45, 7) is 0.0392. The second kappa shape index (κ2) is 26.5. The summed E-state index contributed by atoms with van der Waals surface area (Å²) in [5.74, 6) is -76.6. The molecule has 454 valence electrons. The molecule has 1 aliphatic heterocycles. The van der Waals surface area contributed by atoms with Crippen LogP contribution in [-0.2, 0) is 14.4 Å². The fraction of sp³-hybridized carbons (Fsp3) is 0.800. The Balaban J connectivity index is 1.81. The molecule has 1 saturated heterocycles. The summed E-state index contributed by atoms with van der Waals surface area (Å²) in [7, 11) is 0. The van der Waals surface area contributed by atoms with E-state index in [1.807, 2.05) is 0 Å². The molecule has 7 nitrogen and oxygen atoms in total. The van der Waals surface area contributed by atoms with E-state index in [2.05, 4.69) is 0 Å². The average molecular weight is 1200 g/mol. The number of imide groups is 1. The van der Waals surface area contributed by atoms with Crippen LogP contribution in [0.3, 0.4) is 0 Å². The van der Waals surface area contributed by atoms with E-state index in [-0.39, 0.29) is 81.6 Å². The fourth-order valence-electron chi connectivity index (χ4n) is 7.32. The van der Waals surface area contributed by atoms with Crippen molar-refractivity contribution < 1.29 is 143 Å². The number of nitrogens with zero attached hydrogens (tertiary/aromatic N) is 1. The Morgan fingerprint density at radius 1 is 0.372 bits per heavy atom. The van der Waals surface area contributed by atoms with Crippen LogP contribution < -0.4 is 9.47 Å². The van der Waals surface area contributed by atoms with Gasteiger partial charge in [0.15, 0.2) is 11.5 Å². The number of alkyl halides is 26. The lowest BCUT2D eigenvalue weighted by molar-refractivity contribution is -0.440. The predicted molar refractivity (Wildman–Crippen MR) is 218 cm³/mol. The van der Waals surface area contributed by atoms with E-state index in [0.29, 0.717) is 69.3 Å². The third kappa shape index (κ3) is 15.5. The first-order chi connectivity index (χ1) is 35.4. The molecular formula is C45H51F26NO6. The summed E-state index contributed by atoms with van der Waals surface area (Å²) in [4.78, 5) is 41.5. The molecule has 0 N–H and O–H groups in total. The first-order valence-corrected chi connectivity index (χ1v) is 23.7. The SMILES string of the molecule is O=C(ON1C(=O)CCC1=O)c1ccc(OCCCCCCCCCCCC(F)(F)C(F)(F)C(F)(F)C(F)(F)C(F)(F)C(F)(F)F)c(OCCCCCCCCCCCC(F)(F)C(F)(F)C(F)(F)C(F)(F)C(F)(F)C(F)(F)F)c1. The van der Waals surface area contributed by atoms with Gasteiger partial charge in [0.2, 0.25) is 0 Å². The highest BCUT2D eigenvalue weighted by molar-refractivity contribution is 6.02. The Labute approximate surface area is 427 Å². The Kier molecular flexibility index (Phi) is 23.7. The van der Waals surface area contributed by atoms with Gasteiger partial charge in [-0.25, -0.2) is 4.79 Å². The van der Waals surface area contributed by atoms with Crippen LogP contribution in [-0.4, -0.2) is 108 Å². The van der Waals surface area contributed by atoms with Gasteiger partial charge in [0.05, 0.1) is 18.8 Å². The van der Waals surface area contributed by atoms with E-state index < -0.39 is 115 Å². The van der Waals surface area contributed by atoms with Crippen LogP contribution in [0, 0.1) is 0 Å². The van der Waals surface area contributed by atoms with Crippen LogP contribution in [0.5, 0.6) is 11.5 Å². The molecule has 0 saturated carbocycles. The molecule has 0 radical (unpaired) electrons. The predicted octanol–water partition coefficient (Wildman–Crippen LogP) is 16.9. The van der Waals surface area contributed by atoms with Gasteiger partial charge in [-0.05, 0) is 43.9 Å². The van der Waals surface area contributed by atoms with Crippen molar-refractivity contribution in [3.63, 3.8) is 0 Å². The second-order valence-corrected chi connectivity index (χ2v) is 18.2. The van der Waals surface area contributed by atoms with Crippen LogP contribution >= 0.6 is 0 Å². The van der Waals surface area contributed by atoms with Crippen molar-refractivity contribution in [2.75, 3.05) is 13.2 Å². The standard InChI is InChI=1S/C45H51F26NO6/c46-34(47,36(50,51)38(54,55)40(58,59)42(62,63)44(66,67)68)23-15-11-7-3-1-5-9-13-17-25-76-29-20-19-28(33(75)78-72-31(73)21-22-32(72)74)27-30(29)77-26-18-14-10-6-2-4-8-12-16-24-35(48,49)37(52,53)39(56,57)41(60,61)43(64,65)45(69,70)71/h19-20,27H,1-18,21-26H2. The summed E-state index contributed by atoms with van der Waals surface area (Å²) in [5.41, 5.74) is -0.183. The summed E-state index contributed by atoms with van der Waals surface area (Å²) in [5, 5.41) is 0.295. The third-order valence-electron chi connectivity index (χ3n) is 12.1. The van der Waals surface area contributed by atoms with E-state index in [1.54, 1.807) is 0 Å². The van der Waals surface area contributed by atoms with Crippen LogP contribution in [0.15, 0.2) is 18.2 Å². The number of carbonyl (C=O) groups excluding carboxylic acids is 3. The smallest absolute Gasteiger partial charge is 0.460 e. The van der Waals surface area contributed by atoms with Gasteiger partial charge in [0, 0.05) is 25.7 Å². The molecule has 1 aliphatic rings. The minimum atomic E-state index is -7.96. The number of halogens is 26. The van der Waals surface area contributed by atoms with Crippen molar-refractivity contribution in [3.05, 3.63) is 23.8 Å². The van der Waals surface area contributed by atoms with E-state index in [1.165, 1.54) is 18.2 Å². The average Bonchev–Trinajstić information content (AvgIpc) is 3.63. The number of ether oxygens (including phenoxy) is 2. The normalized spacial score (nSPS) is 15.4. The van der Waals surface area contributed by atoms with Crippen molar-refractivity contribution in [1.82, 2.24) is 5.06 Å². The van der Waals surface area contributed by atoms with Gasteiger partial charge in [-0.2, -0.15) is 114 Å². The minimum absolute atomic E-state index is 0.000300. The Morgan fingerprint density at radius 2 is 0.654 bits per heavy atom. The van der Waals surface area contributed by atoms with Gasteiger partial charge in [-0.15, -0.1) is 5.06 Å². The summed E-state index contributed by atoms with van der Waals surface area (Å²) < 4.78 is 357. The third-order valence-corrected chi connectivity index (χ3v) is 12.1. The molecule has 0 spiro atoms. The zero-order valence-corrected chi connectivity index (χ0v) is 40.4. The molecule has 1 aromatic rings. The molecular weight excluding hydrogens is 1140 g/mol. The zero-order chi connectivity index (χ0) is 60.3. The number of carbonyl (C=O) groups is 3. The van der Waals surface area contributed by atoms with Crippen LogP contribution in [0.4, 0.5) is 114 Å². The maximum absolute atomic E-state index is 14.0. The molecule has 78 heavy (non-hydrogen) atoms. The quantitative estimate of drug-likeness (QED) is 0.0378. The molecule has 2 rings (SSSR count). The first kappa shape index (κ1) is 69.7. The number of benzene rings is 1. The van der Waals surface area contributed by atoms with E-state index in [4.69, 9.17) is 14.3 Å². The van der Waals surface area contributed by atoms with E-state index >= 15 is 0 Å². The largest absolute Gasteiger partial charge is 0.490 e. The van der Waals surface area contributed by atoms with Gasteiger partial charge in [0.1, 0.15) is 0 Å². The molecule has 1 fully saturated rings. The lowest BCUT2D eigenvalue weighted by Gasteiger charge is -2.39. The van der Waals surface area contributed by atoms with Gasteiger partial charge >= 0.3 is 77.5 Å². The Morgan fingerprint density at radius 3 is 0.974 bits per heavy atom. The van der Waals surface area contributed by atoms with Gasteiger partial charge in [0.25, 0.3) is 11.8 Å². The minimum Gasteiger partial charge on any atom is -0.490 e. The molecule has 0 aliphatic carbocycles. The number of hydrogen-bond acceptors (Lipinski definition) is 6. The molecule has 1 heterocycles. The first-order valence-electron chi connectivity index (χ1n) is 23.7. The van der Waals surface area contributed by atoms with Crippen LogP contribution in [0.2, 0.25) is 0 Å². The molecule has 0 unspecified atom stereocenters. The van der Waals surface area contributed by atoms with Crippen molar-refractivity contribution in [2.24, 2.45) is 0 Å². The van der Waals surface area contributed by atoms with Crippen LogP contribution in [0.1, 0.15) is 152 Å². The van der Waals surface area contributed by atoms with Crippen LogP contribution in [0.25, 0.3) is 0 Å². The molecule has 0 aromatic heterocycles. The van der Waals surface area contributed by atoms with Gasteiger partial charge in [-0.3, -0.25) is 9.59 Å². The number of amides is 2. The molecule has 0 atom stereocenters. The second-order valence-electron chi connectivity index (χ2n) is 18.2. The summed E-state index contributed by atoms with van der Waals surface area (Å²) in [6.07, 6.45) is -17.6. The number of rotatable bonds is 36. The summed E-state index contributed by atoms with van der Waals surface area (Å²) >= 11 is 0. The van der Waals surface area contributed by atoms with Gasteiger partial charge < -0.3 is 14.3 Å². The number of hydroxylamine groups is 2. The molecule has 33 heteroatoms. The lowest BCUT2D eigenvalue weighted by Crippen LogP contribution is -2.70. The highest BCUT2D eigenvalue weighted by Gasteiger charge is 2.92. The molecule has 0 bridgehead atoms. The van der Waals surface area contributed by atoms with E-state index in [0.717, 1.165) is 0 Å².